The first-order chi connectivity index (χ1) is 7.77. The molecule has 0 unspecified atom stereocenters. The van der Waals surface area contributed by atoms with Crippen LogP contribution in [0.1, 0.15) is 12.2 Å². The largest absolute Gasteiger partial charge is 0.395 e. The molecule has 1 N–H and O–H groups in total. The van der Waals surface area contributed by atoms with E-state index in [0.717, 1.165) is 38.4 Å². The third kappa shape index (κ3) is 4.16. The number of aryl methyl sites for hydroxylation is 2. The lowest BCUT2D eigenvalue weighted by Gasteiger charge is -2.19. The molecule has 0 saturated carbocycles. The van der Waals surface area contributed by atoms with Gasteiger partial charge < -0.3 is 9.67 Å². The Bertz CT molecular complexity index is 309. The lowest BCUT2D eigenvalue weighted by molar-refractivity contribution is 0.205. The van der Waals surface area contributed by atoms with Gasteiger partial charge in [0.15, 0.2) is 0 Å². The fraction of sp³-hybridized carbons (Fsp3) is 0.583. The Kier molecular flexibility index (Phi) is 5.82. The molecule has 1 aromatic heterocycles. The van der Waals surface area contributed by atoms with Crippen LogP contribution in [0.2, 0.25) is 0 Å². The van der Waals surface area contributed by atoms with Crippen molar-refractivity contribution in [2.24, 2.45) is 0 Å². The highest BCUT2D eigenvalue weighted by Gasteiger charge is 2.02. The summed E-state index contributed by atoms with van der Waals surface area (Å²) in [5.74, 6) is 1.05. The van der Waals surface area contributed by atoms with Gasteiger partial charge in [0.2, 0.25) is 0 Å². The van der Waals surface area contributed by atoms with Crippen molar-refractivity contribution < 1.29 is 5.11 Å². The van der Waals surface area contributed by atoms with Crippen molar-refractivity contribution >= 4 is 0 Å². The lowest BCUT2D eigenvalue weighted by Crippen LogP contribution is -2.28. The molecule has 0 atom stereocenters. The minimum atomic E-state index is 0.206. The molecular weight excluding hydrogens is 202 g/mol. The number of hydrogen-bond acceptors (Lipinski definition) is 3. The SMILES string of the molecule is C=CCN(CCO)CCCn1ccnc1C. The minimum Gasteiger partial charge on any atom is -0.395 e. The molecule has 0 aliphatic rings. The molecule has 1 rings (SSSR count). The van der Waals surface area contributed by atoms with E-state index in [-0.39, 0.29) is 6.61 Å². The van der Waals surface area contributed by atoms with Gasteiger partial charge in [0.1, 0.15) is 5.82 Å². The molecule has 16 heavy (non-hydrogen) atoms. The van der Waals surface area contributed by atoms with Gasteiger partial charge in [-0.25, -0.2) is 4.98 Å². The highest BCUT2D eigenvalue weighted by Crippen LogP contribution is 1.99. The lowest BCUT2D eigenvalue weighted by atomic mass is 10.3. The first-order valence-electron chi connectivity index (χ1n) is 5.69. The maximum atomic E-state index is 8.90. The Morgan fingerprint density at radius 1 is 1.56 bits per heavy atom. The van der Waals surface area contributed by atoms with Crippen LogP contribution in [0.3, 0.4) is 0 Å². The predicted molar refractivity (Wildman–Crippen MR) is 65.3 cm³/mol. The van der Waals surface area contributed by atoms with Gasteiger partial charge in [-0.1, -0.05) is 6.08 Å². The van der Waals surface area contributed by atoms with Crippen LogP contribution in [-0.2, 0) is 6.54 Å². The Labute approximate surface area is 97.2 Å². The van der Waals surface area contributed by atoms with Crippen LogP contribution in [0.25, 0.3) is 0 Å². The van der Waals surface area contributed by atoms with Crippen molar-refractivity contribution in [2.75, 3.05) is 26.2 Å². The Morgan fingerprint density at radius 2 is 2.38 bits per heavy atom. The van der Waals surface area contributed by atoms with Crippen LogP contribution in [-0.4, -0.2) is 45.8 Å². The number of nitrogens with zero attached hydrogens (tertiary/aromatic N) is 3. The number of rotatable bonds is 8. The summed E-state index contributed by atoms with van der Waals surface area (Å²) in [6, 6.07) is 0. The summed E-state index contributed by atoms with van der Waals surface area (Å²) in [6.07, 6.45) is 6.76. The fourth-order valence-corrected chi connectivity index (χ4v) is 1.72. The molecule has 0 bridgehead atoms. The minimum absolute atomic E-state index is 0.206. The quantitative estimate of drug-likeness (QED) is 0.670. The Balaban J connectivity index is 2.27. The summed E-state index contributed by atoms with van der Waals surface area (Å²) < 4.78 is 2.14. The maximum absolute atomic E-state index is 8.90. The average Bonchev–Trinajstić information content (AvgIpc) is 2.65. The van der Waals surface area contributed by atoms with Gasteiger partial charge >= 0.3 is 0 Å². The zero-order valence-corrected chi connectivity index (χ0v) is 9.97. The molecule has 90 valence electrons. The second-order valence-electron chi connectivity index (χ2n) is 3.83. The summed E-state index contributed by atoms with van der Waals surface area (Å²) in [4.78, 5) is 6.37. The molecule has 1 aromatic rings. The summed E-state index contributed by atoms with van der Waals surface area (Å²) in [5, 5.41) is 8.90. The third-order valence-corrected chi connectivity index (χ3v) is 2.60. The number of aliphatic hydroxyl groups excluding tert-OH is 1. The van der Waals surface area contributed by atoms with E-state index in [1.165, 1.54) is 0 Å². The van der Waals surface area contributed by atoms with Crippen LogP contribution >= 0.6 is 0 Å². The summed E-state index contributed by atoms with van der Waals surface area (Å²) >= 11 is 0. The van der Waals surface area contributed by atoms with Gasteiger partial charge in [0.25, 0.3) is 0 Å². The van der Waals surface area contributed by atoms with Gasteiger partial charge in [0.05, 0.1) is 6.61 Å². The molecule has 1 heterocycles. The van der Waals surface area contributed by atoms with Crippen molar-refractivity contribution in [2.45, 2.75) is 19.9 Å². The second kappa shape index (κ2) is 7.19. The zero-order valence-electron chi connectivity index (χ0n) is 9.97. The molecule has 0 aromatic carbocycles. The van der Waals surface area contributed by atoms with Gasteiger partial charge in [-0.15, -0.1) is 6.58 Å². The third-order valence-electron chi connectivity index (χ3n) is 2.60. The molecule has 0 radical (unpaired) electrons. The predicted octanol–water partition coefficient (Wildman–Crippen LogP) is 1.06. The highest BCUT2D eigenvalue weighted by atomic mass is 16.3. The van der Waals surface area contributed by atoms with Gasteiger partial charge in [-0.2, -0.15) is 0 Å². The molecule has 4 heteroatoms. The standard InChI is InChI=1S/C12H21N3O/c1-3-6-14(10-11-16)7-4-8-15-9-5-13-12(15)2/h3,5,9,16H,1,4,6-8,10-11H2,2H3. The molecular formula is C12H21N3O. The van der Waals surface area contributed by atoms with Crippen molar-refractivity contribution in [3.8, 4) is 0 Å². The monoisotopic (exact) mass is 223 g/mol. The smallest absolute Gasteiger partial charge is 0.105 e. The van der Waals surface area contributed by atoms with Crippen LogP contribution in [0.15, 0.2) is 25.0 Å². The first kappa shape index (κ1) is 12.9. The van der Waals surface area contributed by atoms with E-state index < -0.39 is 0 Å². The number of aliphatic hydroxyl groups is 1. The van der Waals surface area contributed by atoms with E-state index >= 15 is 0 Å². The second-order valence-corrected chi connectivity index (χ2v) is 3.83. The molecule has 0 spiro atoms. The maximum Gasteiger partial charge on any atom is 0.105 e. The summed E-state index contributed by atoms with van der Waals surface area (Å²) in [7, 11) is 0. The van der Waals surface area contributed by atoms with Crippen LogP contribution in [0.5, 0.6) is 0 Å². The van der Waals surface area contributed by atoms with Crippen molar-refractivity contribution in [3.05, 3.63) is 30.9 Å². The number of aromatic nitrogens is 2. The fourth-order valence-electron chi connectivity index (χ4n) is 1.72. The molecule has 0 amide bonds. The molecule has 0 aliphatic heterocycles. The van der Waals surface area contributed by atoms with Crippen molar-refractivity contribution in [1.82, 2.24) is 14.5 Å². The van der Waals surface area contributed by atoms with E-state index in [1.807, 2.05) is 25.4 Å². The van der Waals surface area contributed by atoms with Crippen LogP contribution in [0, 0.1) is 6.92 Å². The normalized spacial score (nSPS) is 10.9. The van der Waals surface area contributed by atoms with Gasteiger partial charge in [-0.05, 0) is 13.3 Å². The van der Waals surface area contributed by atoms with E-state index in [2.05, 4.69) is 21.0 Å². The summed E-state index contributed by atoms with van der Waals surface area (Å²) in [6.45, 7) is 9.44. The van der Waals surface area contributed by atoms with Crippen molar-refractivity contribution in [3.63, 3.8) is 0 Å². The van der Waals surface area contributed by atoms with Gasteiger partial charge in [0, 0.05) is 38.6 Å². The highest BCUT2D eigenvalue weighted by molar-refractivity contribution is 4.88. The number of imidazole rings is 1. The molecule has 0 saturated heterocycles. The van der Waals surface area contributed by atoms with Crippen LogP contribution in [0.4, 0.5) is 0 Å². The van der Waals surface area contributed by atoms with Crippen LogP contribution < -0.4 is 0 Å². The Morgan fingerprint density at radius 3 is 2.94 bits per heavy atom. The van der Waals surface area contributed by atoms with Gasteiger partial charge in [-0.3, -0.25) is 4.90 Å². The molecule has 4 nitrogen and oxygen atoms in total. The zero-order chi connectivity index (χ0) is 11.8. The summed E-state index contributed by atoms with van der Waals surface area (Å²) in [5.41, 5.74) is 0. The average molecular weight is 223 g/mol. The van der Waals surface area contributed by atoms with E-state index in [1.54, 1.807) is 0 Å². The number of hydrogen-bond donors (Lipinski definition) is 1. The molecule has 0 fully saturated rings. The first-order valence-corrected chi connectivity index (χ1v) is 5.69. The molecule has 0 aliphatic carbocycles. The Hall–Kier alpha value is -1.13. The van der Waals surface area contributed by atoms with E-state index in [9.17, 15) is 0 Å². The van der Waals surface area contributed by atoms with Crippen molar-refractivity contribution in [1.29, 1.82) is 0 Å². The van der Waals surface area contributed by atoms with E-state index in [4.69, 9.17) is 5.11 Å². The topological polar surface area (TPSA) is 41.3 Å². The van der Waals surface area contributed by atoms with E-state index in [0.29, 0.717) is 0 Å².